The predicted molar refractivity (Wildman–Crippen MR) is 91.4 cm³/mol. The topological polar surface area (TPSA) is 32.3 Å². The number of nitrogens with zero attached hydrogens (tertiary/aromatic N) is 1. The minimum Gasteiger partial charge on any atom is -0.346 e. The number of amides is 1. The molecule has 3 nitrogen and oxygen atoms in total. The molecule has 24 heavy (non-hydrogen) atoms. The fourth-order valence-electron chi connectivity index (χ4n) is 4.24. The second kappa shape index (κ2) is 5.49. The third-order valence-corrected chi connectivity index (χ3v) is 6.75. The summed E-state index contributed by atoms with van der Waals surface area (Å²) in [5.74, 6) is -1.41. The molecule has 4 heterocycles. The van der Waals surface area contributed by atoms with Crippen LogP contribution < -0.4 is 5.32 Å². The van der Waals surface area contributed by atoms with Gasteiger partial charge in [0.05, 0.1) is 4.88 Å². The van der Waals surface area contributed by atoms with Crippen LogP contribution in [-0.4, -0.2) is 35.5 Å². The van der Waals surface area contributed by atoms with Crippen molar-refractivity contribution in [3.8, 4) is 0 Å². The van der Waals surface area contributed by atoms with Gasteiger partial charge in [-0.1, -0.05) is 0 Å². The van der Waals surface area contributed by atoms with Gasteiger partial charge >= 0.3 is 0 Å². The molecular weight excluding hydrogens is 330 g/mol. The third-order valence-electron chi connectivity index (χ3n) is 5.66. The molecule has 2 bridgehead atoms. The highest BCUT2D eigenvalue weighted by Gasteiger charge is 2.48. The number of thiophene rings is 1. The minimum absolute atomic E-state index is 0.0638. The minimum atomic E-state index is -0.884. The van der Waals surface area contributed by atoms with E-state index in [4.69, 9.17) is 0 Å². The molecular formula is C18H20F2N2OS. The van der Waals surface area contributed by atoms with Gasteiger partial charge in [-0.05, 0) is 69.3 Å². The van der Waals surface area contributed by atoms with Crippen LogP contribution in [0.3, 0.4) is 0 Å². The van der Waals surface area contributed by atoms with Crippen LogP contribution in [0.2, 0.25) is 0 Å². The van der Waals surface area contributed by atoms with E-state index < -0.39 is 11.6 Å². The number of carbonyl (C=O) groups excluding carboxylic acids is 1. The lowest BCUT2D eigenvalue weighted by molar-refractivity contribution is -0.0377. The van der Waals surface area contributed by atoms with Crippen molar-refractivity contribution in [2.24, 2.45) is 5.92 Å². The summed E-state index contributed by atoms with van der Waals surface area (Å²) in [6.45, 7) is 6.54. The van der Waals surface area contributed by atoms with Crippen LogP contribution in [0.1, 0.15) is 36.4 Å². The third kappa shape index (κ3) is 2.43. The highest BCUT2D eigenvalue weighted by molar-refractivity contribution is 7.20. The van der Waals surface area contributed by atoms with Crippen LogP contribution >= 0.6 is 11.3 Å². The standard InChI is InChI=1S/C18H20F2N2OS/c1-18(2)16(10-3-5-22(18)6-4-10)21-17(23)15-8-11-7-12(19)13(20)9-14(11)24-15/h7-10,16H,3-6H2,1-2H3,(H,21,23)/t16-/m0/s1. The first-order valence-corrected chi connectivity index (χ1v) is 9.12. The van der Waals surface area contributed by atoms with Gasteiger partial charge in [0, 0.05) is 16.3 Å². The monoisotopic (exact) mass is 350 g/mol. The Morgan fingerprint density at radius 3 is 2.54 bits per heavy atom. The van der Waals surface area contributed by atoms with Crippen LogP contribution in [0.15, 0.2) is 18.2 Å². The van der Waals surface area contributed by atoms with Crippen molar-refractivity contribution < 1.29 is 13.6 Å². The summed E-state index contributed by atoms with van der Waals surface area (Å²) in [5.41, 5.74) is -0.0638. The highest BCUT2D eigenvalue weighted by Crippen LogP contribution is 2.39. The molecule has 6 heteroatoms. The largest absolute Gasteiger partial charge is 0.346 e. The molecule has 2 aromatic rings. The van der Waals surface area contributed by atoms with Gasteiger partial charge in [-0.25, -0.2) is 8.78 Å². The number of rotatable bonds is 2. The molecule has 3 aliphatic heterocycles. The fraction of sp³-hybridized carbons (Fsp3) is 0.500. The number of benzene rings is 1. The molecule has 0 unspecified atom stereocenters. The number of carbonyl (C=O) groups is 1. The molecule has 1 aromatic carbocycles. The van der Waals surface area contributed by atoms with Crippen LogP contribution in [-0.2, 0) is 0 Å². The van der Waals surface area contributed by atoms with E-state index in [1.807, 2.05) is 0 Å². The summed E-state index contributed by atoms with van der Waals surface area (Å²) >= 11 is 1.20. The van der Waals surface area contributed by atoms with Gasteiger partial charge in [-0.3, -0.25) is 9.69 Å². The molecule has 1 aromatic heterocycles. The SMILES string of the molecule is CC1(C)[C@@H](NC(=O)c2cc3cc(F)c(F)cc3s2)C2CCN1CC2. The van der Waals surface area contributed by atoms with E-state index in [1.54, 1.807) is 6.07 Å². The normalized spacial score (nSPS) is 28.2. The van der Waals surface area contributed by atoms with Crippen LogP contribution in [0.5, 0.6) is 0 Å². The van der Waals surface area contributed by atoms with Crippen molar-refractivity contribution in [3.05, 3.63) is 34.7 Å². The van der Waals surface area contributed by atoms with Crippen LogP contribution in [0, 0.1) is 17.6 Å². The molecule has 0 spiro atoms. The Balaban J connectivity index is 1.60. The molecule has 3 saturated heterocycles. The van der Waals surface area contributed by atoms with Crippen molar-refractivity contribution in [1.82, 2.24) is 10.2 Å². The van der Waals surface area contributed by atoms with Gasteiger partial charge in [0.15, 0.2) is 11.6 Å². The zero-order chi connectivity index (χ0) is 17.1. The molecule has 0 radical (unpaired) electrons. The maximum atomic E-state index is 13.4. The summed E-state index contributed by atoms with van der Waals surface area (Å²) in [7, 11) is 0. The zero-order valence-corrected chi connectivity index (χ0v) is 14.6. The van der Waals surface area contributed by atoms with E-state index in [-0.39, 0.29) is 17.5 Å². The molecule has 1 atom stereocenters. The van der Waals surface area contributed by atoms with Gasteiger partial charge in [0.25, 0.3) is 5.91 Å². The maximum Gasteiger partial charge on any atom is 0.261 e. The van der Waals surface area contributed by atoms with Crippen LogP contribution in [0.25, 0.3) is 10.1 Å². The lowest BCUT2D eigenvalue weighted by atomic mass is 9.72. The molecule has 1 amide bonds. The fourth-order valence-corrected chi connectivity index (χ4v) is 5.21. The summed E-state index contributed by atoms with van der Waals surface area (Å²) in [5, 5.41) is 3.76. The van der Waals surface area contributed by atoms with E-state index >= 15 is 0 Å². The van der Waals surface area contributed by atoms with Crippen molar-refractivity contribution in [2.75, 3.05) is 13.1 Å². The van der Waals surface area contributed by atoms with Gasteiger partial charge in [-0.15, -0.1) is 11.3 Å². The van der Waals surface area contributed by atoms with Gasteiger partial charge < -0.3 is 5.32 Å². The smallest absolute Gasteiger partial charge is 0.261 e. The first-order chi connectivity index (χ1) is 11.4. The Morgan fingerprint density at radius 2 is 1.88 bits per heavy atom. The Morgan fingerprint density at radius 1 is 1.21 bits per heavy atom. The van der Waals surface area contributed by atoms with Gasteiger partial charge in [0.1, 0.15) is 0 Å². The van der Waals surface area contributed by atoms with E-state index in [9.17, 15) is 13.6 Å². The molecule has 128 valence electrons. The Kier molecular flexibility index (Phi) is 3.65. The number of hydrogen-bond acceptors (Lipinski definition) is 3. The van der Waals surface area contributed by atoms with Gasteiger partial charge in [-0.2, -0.15) is 0 Å². The van der Waals surface area contributed by atoms with Crippen molar-refractivity contribution in [3.63, 3.8) is 0 Å². The number of hydrogen-bond donors (Lipinski definition) is 1. The molecule has 0 aliphatic carbocycles. The second-order valence-corrected chi connectivity index (χ2v) is 8.43. The average molecular weight is 350 g/mol. The first kappa shape index (κ1) is 16.0. The lowest BCUT2D eigenvalue weighted by Gasteiger charge is -2.56. The second-order valence-electron chi connectivity index (χ2n) is 7.34. The molecule has 5 rings (SSSR count). The molecule has 1 N–H and O–H groups in total. The summed E-state index contributed by atoms with van der Waals surface area (Å²) in [4.78, 5) is 15.6. The lowest BCUT2D eigenvalue weighted by Crippen LogP contribution is -2.69. The molecule has 3 fully saturated rings. The predicted octanol–water partition coefficient (Wildman–Crippen LogP) is 3.78. The molecule has 3 aliphatic rings. The van der Waals surface area contributed by atoms with Crippen molar-refractivity contribution >= 4 is 27.3 Å². The van der Waals surface area contributed by atoms with E-state index in [2.05, 4.69) is 24.1 Å². The Bertz CT molecular complexity index is 770. The van der Waals surface area contributed by atoms with E-state index in [0.717, 1.165) is 38.1 Å². The van der Waals surface area contributed by atoms with Crippen LogP contribution in [0.4, 0.5) is 8.78 Å². The zero-order valence-electron chi connectivity index (χ0n) is 13.7. The summed E-state index contributed by atoms with van der Waals surface area (Å²) in [6.07, 6.45) is 2.22. The van der Waals surface area contributed by atoms with Crippen molar-refractivity contribution in [1.29, 1.82) is 0 Å². The Hall–Kier alpha value is -1.53. The number of nitrogens with one attached hydrogen (secondary N) is 1. The summed E-state index contributed by atoms with van der Waals surface area (Å²) < 4.78 is 27.3. The maximum absolute atomic E-state index is 13.4. The average Bonchev–Trinajstić information content (AvgIpc) is 2.94. The Labute approximate surface area is 143 Å². The first-order valence-electron chi connectivity index (χ1n) is 8.31. The quantitative estimate of drug-likeness (QED) is 0.894. The molecule has 0 saturated carbocycles. The number of piperidine rings is 3. The summed E-state index contributed by atoms with van der Waals surface area (Å²) in [6, 6.07) is 4.05. The van der Waals surface area contributed by atoms with Crippen molar-refractivity contribution in [2.45, 2.75) is 38.3 Å². The van der Waals surface area contributed by atoms with E-state index in [0.29, 0.717) is 20.9 Å². The number of fused-ring (bicyclic) bond motifs is 4. The van der Waals surface area contributed by atoms with E-state index in [1.165, 1.54) is 11.3 Å². The van der Waals surface area contributed by atoms with Gasteiger partial charge in [0.2, 0.25) is 0 Å². The highest BCUT2D eigenvalue weighted by atomic mass is 32.1. The number of halogens is 2.